The van der Waals surface area contributed by atoms with Crippen LogP contribution in [-0.2, 0) is 10.0 Å². The summed E-state index contributed by atoms with van der Waals surface area (Å²) in [5.74, 6) is -0.106. The van der Waals surface area contributed by atoms with Crippen molar-refractivity contribution in [1.82, 2.24) is 9.62 Å². The number of sulfonamides is 1. The highest BCUT2D eigenvalue weighted by atomic mass is 32.2. The lowest BCUT2D eigenvalue weighted by molar-refractivity contribution is 0.245. The van der Waals surface area contributed by atoms with Crippen molar-refractivity contribution in [3.8, 4) is 0 Å². The summed E-state index contributed by atoms with van der Waals surface area (Å²) in [6, 6.07) is 12.3. The number of carbonyl (C=O) groups excluding carboxylic acids is 1. The van der Waals surface area contributed by atoms with Crippen LogP contribution in [0, 0.1) is 11.7 Å². The predicted octanol–water partition coefficient (Wildman–Crippen LogP) is 4.16. The number of thioether (sulfide) groups is 1. The molecule has 162 valence electrons. The van der Waals surface area contributed by atoms with Crippen LogP contribution in [-0.4, -0.2) is 44.6 Å². The normalized spacial score (nSPS) is 15.7. The SMILES string of the molecule is CSc1cccc(NC(=O)NCCC2CCN(S(=O)(=O)c3ccc(F)cc3)CC2)c1. The molecular formula is C21H26FN3O3S2. The quantitative estimate of drug-likeness (QED) is 0.620. The Morgan fingerprint density at radius 2 is 1.87 bits per heavy atom. The first-order chi connectivity index (χ1) is 14.4. The van der Waals surface area contributed by atoms with Gasteiger partial charge in [-0.15, -0.1) is 11.8 Å². The molecule has 3 rings (SSSR count). The van der Waals surface area contributed by atoms with Gasteiger partial charge in [0.2, 0.25) is 10.0 Å². The summed E-state index contributed by atoms with van der Waals surface area (Å²) in [5.41, 5.74) is 0.749. The van der Waals surface area contributed by atoms with Crippen LogP contribution in [0.3, 0.4) is 0 Å². The molecule has 0 unspecified atom stereocenters. The Labute approximate surface area is 181 Å². The van der Waals surface area contributed by atoms with E-state index in [9.17, 15) is 17.6 Å². The van der Waals surface area contributed by atoms with Gasteiger partial charge in [0.05, 0.1) is 4.90 Å². The predicted molar refractivity (Wildman–Crippen MR) is 118 cm³/mol. The number of rotatable bonds is 7. The number of amides is 2. The topological polar surface area (TPSA) is 78.5 Å². The number of nitrogens with zero attached hydrogens (tertiary/aromatic N) is 1. The van der Waals surface area contributed by atoms with Crippen molar-refractivity contribution in [3.05, 3.63) is 54.3 Å². The van der Waals surface area contributed by atoms with Crippen LogP contribution in [0.15, 0.2) is 58.3 Å². The summed E-state index contributed by atoms with van der Waals surface area (Å²) in [7, 11) is -3.59. The first kappa shape index (κ1) is 22.6. The third-order valence-corrected chi connectivity index (χ3v) is 7.83. The van der Waals surface area contributed by atoms with Gasteiger partial charge in [0, 0.05) is 30.2 Å². The molecule has 1 aliphatic rings. The summed E-state index contributed by atoms with van der Waals surface area (Å²) in [6.07, 6.45) is 4.25. The van der Waals surface area contributed by atoms with Crippen LogP contribution >= 0.6 is 11.8 Å². The van der Waals surface area contributed by atoms with E-state index >= 15 is 0 Å². The van der Waals surface area contributed by atoms with Crippen LogP contribution in [0.1, 0.15) is 19.3 Å². The van der Waals surface area contributed by atoms with E-state index in [1.807, 2.05) is 30.5 Å². The smallest absolute Gasteiger partial charge is 0.319 e. The molecule has 0 spiro atoms. The minimum absolute atomic E-state index is 0.117. The van der Waals surface area contributed by atoms with Crippen LogP contribution < -0.4 is 10.6 Å². The number of halogens is 1. The van der Waals surface area contributed by atoms with Gasteiger partial charge < -0.3 is 10.6 Å². The van der Waals surface area contributed by atoms with E-state index in [4.69, 9.17) is 0 Å². The first-order valence-electron chi connectivity index (χ1n) is 9.83. The summed E-state index contributed by atoms with van der Waals surface area (Å²) in [5, 5.41) is 5.69. The van der Waals surface area contributed by atoms with Gasteiger partial charge in [0.25, 0.3) is 0 Å². The van der Waals surface area contributed by atoms with Crippen molar-refractivity contribution in [2.75, 3.05) is 31.2 Å². The molecule has 1 heterocycles. The average molecular weight is 452 g/mol. The fourth-order valence-corrected chi connectivity index (χ4v) is 5.39. The van der Waals surface area contributed by atoms with Crippen molar-refractivity contribution in [2.45, 2.75) is 29.1 Å². The molecule has 0 aliphatic carbocycles. The number of urea groups is 1. The lowest BCUT2D eigenvalue weighted by atomic mass is 9.95. The Morgan fingerprint density at radius 3 is 2.53 bits per heavy atom. The minimum Gasteiger partial charge on any atom is -0.338 e. The van der Waals surface area contributed by atoms with Gasteiger partial charge in [-0.3, -0.25) is 0 Å². The molecule has 2 N–H and O–H groups in total. The lowest BCUT2D eigenvalue weighted by Gasteiger charge is -2.31. The van der Waals surface area contributed by atoms with Gasteiger partial charge in [0.15, 0.2) is 0 Å². The summed E-state index contributed by atoms with van der Waals surface area (Å²) in [4.78, 5) is 13.3. The Balaban J connectivity index is 1.41. The molecule has 2 aromatic carbocycles. The van der Waals surface area contributed by atoms with Gasteiger partial charge in [-0.1, -0.05) is 6.07 Å². The summed E-state index contributed by atoms with van der Waals surface area (Å²) >= 11 is 1.61. The van der Waals surface area contributed by atoms with Gasteiger partial charge >= 0.3 is 6.03 Å². The van der Waals surface area contributed by atoms with E-state index in [1.54, 1.807) is 11.8 Å². The molecule has 0 aromatic heterocycles. The molecule has 2 aromatic rings. The fraction of sp³-hybridized carbons (Fsp3) is 0.381. The van der Waals surface area contributed by atoms with E-state index in [0.29, 0.717) is 25.6 Å². The second-order valence-corrected chi connectivity index (χ2v) is 10.0. The molecule has 2 amide bonds. The highest BCUT2D eigenvalue weighted by molar-refractivity contribution is 7.98. The summed E-state index contributed by atoms with van der Waals surface area (Å²) in [6.45, 7) is 1.39. The maximum Gasteiger partial charge on any atom is 0.319 e. The van der Waals surface area contributed by atoms with Gasteiger partial charge in [-0.25, -0.2) is 17.6 Å². The van der Waals surface area contributed by atoms with Crippen molar-refractivity contribution >= 4 is 33.5 Å². The molecule has 0 saturated carbocycles. The number of hydrogen-bond donors (Lipinski definition) is 2. The largest absolute Gasteiger partial charge is 0.338 e. The zero-order valence-electron chi connectivity index (χ0n) is 16.8. The molecule has 6 nitrogen and oxygen atoms in total. The molecule has 30 heavy (non-hydrogen) atoms. The maximum absolute atomic E-state index is 13.1. The van der Waals surface area contributed by atoms with Crippen molar-refractivity contribution < 1.29 is 17.6 Å². The molecule has 9 heteroatoms. The van der Waals surface area contributed by atoms with E-state index in [0.717, 1.165) is 42.0 Å². The van der Waals surface area contributed by atoms with Crippen molar-refractivity contribution in [1.29, 1.82) is 0 Å². The van der Waals surface area contributed by atoms with Crippen LogP contribution in [0.5, 0.6) is 0 Å². The molecular weight excluding hydrogens is 425 g/mol. The summed E-state index contributed by atoms with van der Waals surface area (Å²) < 4.78 is 39.8. The van der Waals surface area contributed by atoms with E-state index in [1.165, 1.54) is 16.4 Å². The highest BCUT2D eigenvalue weighted by Gasteiger charge is 2.29. The number of piperidine rings is 1. The Kier molecular flexibility index (Phi) is 7.74. The Hall–Kier alpha value is -2.10. The zero-order valence-corrected chi connectivity index (χ0v) is 18.4. The fourth-order valence-electron chi connectivity index (χ4n) is 3.46. The molecule has 0 bridgehead atoms. The monoisotopic (exact) mass is 451 g/mol. The number of carbonyl (C=O) groups is 1. The number of benzene rings is 2. The third-order valence-electron chi connectivity index (χ3n) is 5.19. The van der Waals surface area contributed by atoms with Gasteiger partial charge in [-0.05, 0) is 73.9 Å². The second-order valence-electron chi connectivity index (χ2n) is 7.20. The minimum atomic E-state index is -3.59. The number of nitrogens with one attached hydrogen (secondary N) is 2. The van der Waals surface area contributed by atoms with Crippen LogP contribution in [0.4, 0.5) is 14.9 Å². The molecule has 1 saturated heterocycles. The van der Waals surface area contributed by atoms with Gasteiger partial charge in [0.1, 0.15) is 5.82 Å². The van der Waals surface area contributed by atoms with Crippen LogP contribution in [0.25, 0.3) is 0 Å². The number of anilines is 1. The van der Waals surface area contributed by atoms with E-state index in [-0.39, 0.29) is 10.9 Å². The molecule has 0 radical (unpaired) electrons. The second kappa shape index (κ2) is 10.3. The number of hydrogen-bond acceptors (Lipinski definition) is 4. The Morgan fingerprint density at radius 1 is 1.17 bits per heavy atom. The third kappa shape index (κ3) is 5.96. The molecule has 0 atom stereocenters. The lowest BCUT2D eigenvalue weighted by Crippen LogP contribution is -2.39. The highest BCUT2D eigenvalue weighted by Crippen LogP contribution is 2.25. The van der Waals surface area contributed by atoms with Gasteiger partial charge in [-0.2, -0.15) is 4.31 Å². The Bertz CT molecular complexity index is 960. The maximum atomic E-state index is 13.1. The molecule has 1 fully saturated rings. The molecule has 1 aliphatic heterocycles. The van der Waals surface area contributed by atoms with E-state index < -0.39 is 15.8 Å². The van der Waals surface area contributed by atoms with Crippen LogP contribution in [0.2, 0.25) is 0 Å². The average Bonchev–Trinajstić information content (AvgIpc) is 2.74. The standard InChI is InChI=1S/C21H26FN3O3S2/c1-29-19-4-2-3-18(15-19)24-21(26)23-12-9-16-10-13-25(14-11-16)30(27,28)20-7-5-17(22)6-8-20/h2-8,15-16H,9-14H2,1H3,(H2,23,24,26). The zero-order chi connectivity index (χ0) is 21.6. The first-order valence-corrected chi connectivity index (χ1v) is 12.5. The van der Waals surface area contributed by atoms with Crippen molar-refractivity contribution in [2.24, 2.45) is 5.92 Å². The van der Waals surface area contributed by atoms with Crippen molar-refractivity contribution in [3.63, 3.8) is 0 Å². The van der Waals surface area contributed by atoms with E-state index in [2.05, 4.69) is 10.6 Å².